The van der Waals surface area contributed by atoms with Crippen molar-refractivity contribution in [3.63, 3.8) is 0 Å². The fourth-order valence-electron chi connectivity index (χ4n) is 3.03. The van der Waals surface area contributed by atoms with E-state index in [0.29, 0.717) is 37.9 Å². The van der Waals surface area contributed by atoms with Crippen LogP contribution in [0.15, 0.2) is 59.3 Å². The largest absolute Gasteiger partial charge is 0.459 e. The van der Waals surface area contributed by atoms with Gasteiger partial charge in [-0.25, -0.2) is 0 Å². The molecule has 4 rings (SSSR count). The zero-order valence-electron chi connectivity index (χ0n) is 15.0. The van der Waals surface area contributed by atoms with E-state index in [1.54, 1.807) is 23.2 Å². The summed E-state index contributed by atoms with van der Waals surface area (Å²) in [4.78, 5) is 22.8. The van der Waals surface area contributed by atoms with Gasteiger partial charge in [-0.15, -0.1) is 5.10 Å². The summed E-state index contributed by atoms with van der Waals surface area (Å²) in [6, 6.07) is 13.4. The molecule has 27 heavy (non-hydrogen) atoms. The molecule has 1 aromatic carbocycles. The van der Waals surface area contributed by atoms with Crippen molar-refractivity contribution in [1.29, 1.82) is 0 Å². The quantitative estimate of drug-likeness (QED) is 0.702. The number of anilines is 3. The third kappa shape index (κ3) is 3.59. The summed E-state index contributed by atoms with van der Waals surface area (Å²) in [5.41, 5.74) is 1.03. The highest BCUT2D eigenvalue weighted by atomic mass is 16.3. The molecule has 1 fully saturated rings. The Kier molecular flexibility index (Phi) is 4.69. The van der Waals surface area contributed by atoms with E-state index in [1.807, 2.05) is 47.2 Å². The van der Waals surface area contributed by atoms with E-state index in [2.05, 4.69) is 15.2 Å². The van der Waals surface area contributed by atoms with Crippen molar-refractivity contribution >= 4 is 23.4 Å². The van der Waals surface area contributed by atoms with Gasteiger partial charge in [0.1, 0.15) is 0 Å². The molecular weight excluding hydrogens is 344 g/mol. The molecule has 0 bridgehead atoms. The van der Waals surface area contributed by atoms with Gasteiger partial charge in [0, 0.05) is 38.9 Å². The van der Waals surface area contributed by atoms with Crippen LogP contribution in [-0.4, -0.2) is 59.2 Å². The van der Waals surface area contributed by atoms with Gasteiger partial charge in [0.15, 0.2) is 11.6 Å². The number of carbonyl (C=O) groups is 1. The molecule has 1 aliphatic rings. The van der Waals surface area contributed by atoms with Crippen LogP contribution in [0.5, 0.6) is 0 Å². The first-order chi connectivity index (χ1) is 13.2. The van der Waals surface area contributed by atoms with Crippen LogP contribution >= 0.6 is 0 Å². The number of furan rings is 1. The molecule has 2 aromatic heterocycles. The molecule has 8 heteroatoms. The van der Waals surface area contributed by atoms with Gasteiger partial charge in [-0.3, -0.25) is 4.79 Å². The highest BCUT2D eigenvalue weighted by Crippen LogP contribution is 2.22. The van der Waals surface area contributed by atoms with Gasteiger partial charge in [0.25, 0.3) is 5.91 Å². The molecular formula is C19H20N6O2. The Morgan fingerprint density at radius 1 is 1.07 bits per heavy atom. The molecule has 138 valence electrons. The average molecular weight is 364 g/mol. The number of aromatic nitrogens is 3. The predicted molar refractivity (Wildman–Crippen MR) is 101 cm³/mol. The number of para-hydroxylation sites is 1. The molecule has 0 aliphatic carbocycles. The summed E-state index contributed by atoms with van der Waals surface area (Å²) in [5.74, 6) is 1.57. The lowest BCUT2D eigenvalue weighted by molar-refractivity contribution is 0.0714. The van der Waals surface area contributed by atoms with Crippen LogP contribution in [0.4, 0.5) is 17.5 Å². The van der Waals surface area contributed by atoms with Gasteiger partial charge in [0.2, 0.25) is 5.95 Å². The smallest absolute Gasteiger partial charge is 0.289 e. The second kappa shape index (κ2) is 7.45. The van der Waals surface area contributed by atoms with E-state index in [4.69, 9.17) is 4.42 Å². The van der Waals surface area contributed by atoms with Gasteiger partial charge >= 0.3 is 0 Å². The molecule has 1 amide bonds. The van der Waals surface area contributed by atoms with Gasteiger partial charge in [0.05, 0.1) is 12.5 Å². The normalized spacial score (nSPS) is 14.3. The minimum absolute atomic E-state index is 0.0868. The monoisotopic (exact) mass is 364 g/mol. The van der Waals surface area contributed by atoms with Crippen LogP contribution in [0, 0.1) is 0 Å². The Morgan fingerprint density at radius 2 is 1.85 bits per heavy atom. The molecule has 3 aromatic rings. The van der Waals surface area contributed by atoms with Crippen LogP contribution in [0.3, 0.4) is 0 Å². The van der Waals surface area contributed by atoms with Crippen molar-refractivity contribution in [1.82, 2.24) is 20.1 Å². The summed E-state index contributed by atoms with van der Waals surface area (Å²) in [6.45, 7) is 2.46. The van der Waals surface area contributed by atoms with E-state index in [0.717, 1.165) is 11.5 Å². The number of benzene rings is 1. The van der Waals surface area contributed by atoms with Crippen molar-refractivity contribution in [2.75, 3.05) is 43.0 Å². The Hall–Kier alpha value is -3.42. The number of hydrogen-bond acceptors (Lipinski definition) is 7. The third-order valence-electron chi connectivity index (χ3n) is 4.60. The molecule has 1 aliphatic heterocycles. The SMILES string of the molecule is CN(c1ccccc1)c1cnnc(N2CCN(C(=O)c3ccco3)CC2)n1. The van der Waals surface area contributed by atoms with Crippen LogP contribution < -0.4 is 9.80 Å². The van der Waals surface area contributed by atoms with Crippen molar-refractivity contribution in [3.8, 4) is 0 Å². The lowest BCUT2D eigenvalue weighted by Crippen LogP contribution is -2.49. The van der Waals surface area contributed by atoms with Crippen molar-refractivity contribution < 1.29 is 9.21 Å². The Balaban J connectivity index is 1.44. The van der Waals surface area contributed by atoms with Crippen LogP contribution in [0.1, 0.15) is 10.6 Å². The minimum atomic E-state index is -0.0868. The molecule has 0 N–H and O–H groups in total. The Labute approximate surface area is 157 Å². The lowest BCUT2D eigenvalue weighted by Gasteiger charge is -2.34. The standard InChI is InChI=1S/C19H20N6O2/c1-23(15-6-3-2-4-7-15)17-14-20-22-19(21-17)25-11-9-24(10-12-25)18(26)16-8-5-13-27-16/h2-8,13-14H,9-12H2,1H3. The maximum Gasteiger partial charge on any atom is 0.289 e. The Morgan fingerprint density at radius 3 is 2.56 bits per heavy atom. The van der Waals surface area contributed by atoms with E-state index >= 15 is 0 Å². The average Bonchev–Trinajstić information content (AvgIpc) is 3.28. The predicted octanol–water partition coefficient (Wildman–Crippen LogP) is 2.19. The van der Waals surface area contributed by atoms with Crippen LogP contribution in [0.2, 0.25) is 0 Å². The second-order valence-electron chi connectivity index (χ2n) is 6.27. The van der Waals surface area contributed by atoms with E-state index in [9.17, 15) is 4.79 Å². The third-order valence-corrected chi connectivity index (χ3v) is 4.60. The zero-order valence-corrected chi connectivity index (χ0v) is 15.0. The number of nitrogens with zero attached hydrogens (tertiary/aromatic N) is 6. The lowest BCUT2D eigenvalue weighted by atomic mass is 10.3. The van der Waals surface area contributed by atoms with Crippen LogP contribution in [-0.2, 0) is 0 Å². The highest BCUT2D eigenvalue weighted by Gasteiger charge is 2.25. The first-order valence-corrected chi connectivity index (χ1v) is 8.78. The molecule has 0 atom stereocenters. The maximum atomic E-state index is 12.4. The van der Waals surface area contributed by atoms with E-state index < -0.39 is 0 Å². The van der Waals surface area contributed by atoms with E-state index in [-0.39, 0.29) is 5.91 Å². The summed E-state index contributed by atoms with van der Waals surface area (Å²) < 4.78 is 5.20. The number of hydrogen-bond donors (Lipinski definition) is 0. The van der Waals surface area contributed by atoms with Crippen LogP contribution in [0.25, 0.3) is 0 Å². The molecule has 0 saturated carbocycles. The maximum absolute atomic E-state index is 12.4. The fourth-order valence-corrected chi connectivity index (χ4v) is 3.03. The molecule has 0 unspecified atom stereocenters. The molecule has 0 radical (unpaired) electrons. The summed E-state index contributed by atoms with van der Waals surface area (Å²) in [6.07, 6.45) is 3.16. The van der Waals surface area contributed by atoms with Gasteiger partial charge in [-0.2, -0.15) is 10.1 Å². The van der Waals surface area contributed by atoms with Crippen molar-refractivity contribution in [3.05, 3.63) is 60.7 Å². The number of piperazine rings is 1. The molecule has 0 spiro atoms. The van der Waals surface area contributed by atoms with Gasteiger partial charge in [-0.05, 0) is 24.3 Å². The summed E-state index contributed by atoms with van der Waals surface area (Å²) >= 11 is 0. The van der Waals surface area contributed by atoms with Crippen molar-refractivity contribution in [2.45, 2.75) is 0 Å². The Bertz CT molecular complexity index is 892. The number of carbonyl (C=O) groups excluding carboxylic acids is 1. The first-order valence-electron chi connectivity index (χ1n) is 8.78. The zero-order chi connectivity index (χ0) is 18.6. The number of rotatable bonds is 4. The van der Waals surface area contributed by atoms with E-state index in [1.165, 1.54) is 6.26 Å². The number of amides is 1. The minimum Gasteiger partial charge on any atom is -0.459 e. The topological polar surface area (TPSA) is 78.6 Å². The fraction of sp³-hybridized carbons (Fsp3) is 0.263. The second-order valence-corrected chi connectivity index (χ2v) is 6.27. The first kappa shape index (κ1) is 17.0. The van der Waals surface area contributed by atoms with Crippen molar-refractivity contribution in [2.24, 2.45) is 0 Å². The molecule has 3 heterocycles. The highest BCUT2D eigenvalue weighted by molar-refractivity contribution is 5.91. The van der Waals surface area contributed by atoms with Gasteiger partial charge in [-0.1, -0.05) is 18.2 Å². The summed E-state index contributed by atoms with van der Waals surface area (Å²) in [7, 11) is 1.95. The molecule has 1 saturated heterocycles. The van der Waals surface area contributed by atoms with Gasteiger partial charge < -0.3 is 19.1 Å². The molecule has 8 nitrogen and oxygen atoms in total. The summed E-state index contributed by atoms with van der Waals surface area (Å²) in [5, 5.41) is 8.28.